The van der Waals surface area contributed by atoms with Gasteiger partial charge in [-0.25, -0.2) is 4.98 Å². The zero-order chi connectivity index (χ0) is 10.7. The summed E-state index contributed by atoms with van der Waals surface area (Å²) in [4.78, 5) is 8.32. The molecule has 2 heterocycles. The van der Waals surface area contributed by atoms with E-state index in [1.165, 1.54) is 0 Å². The molecular weight excluding hydrogens is 188 g/mol. The molecule has 4 nitrogen and oxygen atoms in total. The van der Waals surface area contributed by atoms with Crippen LogP contribution in [0, 0.1) is 0 Å². The van der Waals surface area contributed by atoms with Gasteiger partial charge in [0.25, 0.3) is 0 Å². The fourth-order valence-electron chi connectivity index (χ4n) is 1.53. The Labute approximate surface area is 88.8 Å². The van der Waals surface area contributed by atoms with Gasteiger partial charge in [0.15, 0.2) is 0 Å². The van der Waals surface area contributed by atoms with Crippen LogP contribution in [-0.4, -0.2) is 14.5 Å². The van der Waals surface area contributed by atoms with Crippen molar-refractivity contribution in [3.63, 3.8) is 0 Å². The van der Waals surface area contributed by atoms with Gasteiger partial charge < -0.3 is 10.3 Å². The summed E-state index contributed by atoms with van der Waals surface area (Å²) < 4.78 is 2.02. The van der Waals surface area contributed by atoms with E-state index in [9.17, 15) is 0 Å². The summed E-state index contributed by atoms with van der Waals surface area (Å²) in [5.74, 6) is 1.07. The standard InChI is InChI=1S/C11H14N4/c1-15-7-6-14-11(15)3-2-9-8-13-5-4-10(9)12/h4-8H,2-3H2,1H3,(H2,12,13). The summed E-state index contributed by atoms with van der Waals surface area (Å²) >= 11 is 0. The molecule has 0 atom stereocenters. The highest BCUT2D eigenvalue weighted by atomic mass is 15.0. The molecule has 0 aliphatic carbocycles. The van der Waals surface area contributed by atoms with Gasteiger partial charge in [-0.3, -0.25) is 4.98 Å². The van der Waals surface area contributed by atoms with Gasteiger partial charge in [0, 0.05) is 43.9 Å². The van der Waals surface area contributed by atoms with E-state index >= 15 is 0 Å². The third kappa shape index (κ3) is 2.15. The van der Waals surface area contributed by atoms with E-state index in [4.69, 9.17) is 5.73 Å². The van der Waals surface area contributed by atoms with Gasteiger partial charge in [-0.2, -0.15) is 0 Å². The van der Waals surface area contributed by atoms with E-state index in [1.807, 2.05) is 36.3 Å². The van der Waals surface area contributed by atoms with E-state index in [-0.39, 0.29) is 0 Å². The van der Waals surface area contributed by atoms with Crippen LogP contribution in [0.3, 0.4) is 0 Å². The lowest BCUT2D eigenvalue weighted by Crippen LogP contribution is -2.02. The summed E-state index contributed by atoms with van der Waals surface area (Å²) in [6.45, 7) is 0. The summed E-state index contributed by atoms with van der Waals surface area (Å²) in [5, 5.41) is 0. The second-order valence-corrected chi connectivity index (χ2v) is 3.53. The number of nitrogen functional groups attached to an aromatic ring is 1. The first-order valence-electron chi connectivity index (χ1n) is 4.92. The van der Waals surface area contributed by atoms with Crippen molar-refractivity contribution in [2.24, 2.45) is 7.05 Å². The fourth-order valence-corrected chi connectivity index (χ4v) is 1.53. The Morgan fingerprint density at radius 3 is 2.87 bits per heavy atom. The smallest absolute Gasteiger partial charge is 0.108 e. The Morgan fingerprint density at radius 1 is 1.33 bits per heavy atom. The van der Waals surface area contributed by atoms with Crippen molar-refractivity contribution in [2.75, 3.05) is 5.73 Å². The summed E-state index contributed by atoms with van der Waals surface area (Å²) in [6.07, 6.45) is 9.05. The Balaban J connectivity index is 2.06. The van der Waals surface area contributed by atoms with Crippen molar-refractivity contribution in [2.45, 2.75) is 12.8 Å². The lowest BCUT2D eigenvalue weighted by molar-refractivity contribution is 0.770. The average molecular weight is 202 g/mol. The van der Waals surface area contributed by atoms with Crippen LogP contribution in [0.4, 0.5) is 5.69 Å². The first-order valence-corrected chi connectivity index (χ1v) is 4.92. The third-order valence-electron chi connectivity index (χ3n) is 2.48. The van der Waals surface area contributed by atoms with Crippen molar-refractivity contribution in [3.05, 3.63) is 42.2 Å². The molecule has 2 aromatic rings. The molecule has 0 bridgehead atoms. The highest BCUT2D eigenvalue weighted by molar-refractivity contribution is 5.44. The number of nitrogens with two attached hydrogens (primary N) is 1. The molecule has 0 fully saturated rings. The first kappa shape index (κ1) is 9.71. The molecule has 0 saturated heterocycles. The van der Waals surface area contributed by atoms with Gasteiger partial charge >= 0.3 is 0 Å². The van der Waals surface area contributed by atoms with Crippen molar-refractivity contribution < 1.29 is 0 Å². The van der Waals surface area contributed by atoms with Crippen LogP contribution in [0.1, 0.15) is 11.4 Å². The minimum atomic E-state index is 0.805. The third-order valence-corrected chi connectivity index (χ3v) is 2.48. The molecule has 0 radical (unpaired) electrons. The lowest BCUT2D eigenvalue weighted by Gasteiger charge is -2.04. The molecule has 2 aromatic heterocycles. The van der Waals surface area contributed by atoms with Gasteiger partial charge in [0.1, 0.15) is 5.82 Å². The number of hydrogen-bond donors (Lipinski definition) is 1. The van der Waals surface area contributed by atoms with Crippen LogP contribution < -0.4 is 5.73 Å². The number of anilines is 1. The molecule has 0 saturated carbocycles. The van der Waals surface area contributed by atoms with E-state index in [0.29, 0.717) is 0 Å². The fraction of sp³-hybridized carbons (Fsp3) is 0.273. The minimum absolute atomic E-state index is 0.805. The van der Waals surface area contributed by atoms with Gasteiger partial charge in [0.05, 0.1) is 0 Å². The first-order chi connectivity index (χ1) is 7.27. The predicted molar refractivity (Wildman–Crippen MR) is 59.3 cm³/mol. The van der Waals surface area contributed by atoms with E-state index in [2.05, 4.69) is 9.97 Å². The average Bonchev–Trinajstić information content (AvgIpc) is 2.63. The highest BCUT2D eigenvalue weighted by Crippen LogP contribution is 2.11. The van der Waals surface area contributed by atoms with Gasteiger partial charge in [-0.1, -0.05) is 0 Å². The number of nitrogens with zero attached hydrogens (tertiary/aromatic N) is 3. The minimum Gasteiger partial charge on any atom is -0.398 e. The molecule has 78 valence electrons. The number of pyridine rings is 1. The highest BCUT2D eigenvalue weighted by Gasteiger charge is 2.02. The Bertz CT molecular complexity index is 447. The quantitative estimate of drug-likeness (QED) is 0.813. The van der Waals surface area contributed by atoms with E-state index in [0.717, 1.165) is 29.9 Å². The second kappa shape index (κ2) is 4.13. The topological polar surface area (TPSA) is 56.7 Å². The molecule has 0 aliphatic heterocycles. The van der Waals surface area contributed by atoms with Crippen LogP contribution in [0.15, 0.2) is 30.9 Å². The molecule has 15 heavy (non-hydrogen) atoms. The molecular formula is C11H14N4. The Kier molecular flexibility index (Phi) is 2.67. The molecule has 2 rings (SSSR count). The van der Waals surface area contributed by atoms with Crippen LogP contribution in [0.25, 0.3) is 0 Å². The zero-order valence-electron chi connectivity index (χ0n) is 8.72. The molecule has 0 unspecified atom stereocenters. The zero-order valence-corrected chi connectivity index (χ0v) is 8.72. The maximum Gasteiger partial charge on any atom is 0.108 e. The molecule has 0 amide bonds. The van der Waals surface area contributed by atoms with Crippen molar-refractivity contribution in [1.29, 1.82) is 0 Å². The van der Waals surface area contributed by atoms with Gasteiger partial charge in [-0.15, -0.1) is 0 Å². The molecule has 0 aromatic carbocycles. The van der Waals surface area contributed by atoms with Crippen LogP contribution in [0.5, 0.6) is 0 Å². The van der Waals surface area contributed by atoms with Crippen molar-refractivity contribution in [3.8, 4) is 0 Å². The second-order valence-electron chi connectivity index (χ2n) is 3.53. The summed E-state index contributed by atoms with van der Waals surface area (Å²) in [5.41, 5.74) is 7.72. The number of imidazole rings is 1. The summed E-state index contributed by atoms with van der Waals surface area (Å²) in [6, 6.07) is 1.83. The molecule has 4 heteroatoms. The van der Waals surface area contributed by atoms with Gasteiger partial charge in [0.2, 0.25) is 0 Å². The predicted octanol–water partition coefficient (Wildman–Crippen LogP) is 1.18. The monoisotopic (exact) mass is 202 g/mol. The summed E-state index contributed by atoms with van der Waals surface area (Å²) in [7, 11) is 1.99. The van der Waals surface area contributed by atoms with Crippen LogP contribution in [-0.2, 0) is 19.9 Å². The van der Waals surface area contributed by atoms with Crippen molar-refractivity contribution >= 4 is 5.69 Å². The normalized spacial score (nSPS) is 10.5. The molecule has 0 aliphatic rings. The number of aromatic nitrogens is 3. The van der Waals surface area contributed by atoms with Crippen LogP contribution in [0.2, 0.25) is 0 Å². The Hall–Kier alpha value is -1.84. The van der Waals surface area contributed by atoms with Crippen molar-refractivity contribution in [1.82, 2.24) is 14.5 Å². The number of aryl methyl sites for hydroxylation is 3. The van der Waals surface area contributed by atoms with Gasteiger partial charge in [-0.05, 0) is 18.1 Å². The lowest BCUT2D eigenvalue weighted by atomic mass is 10.1. The molecule has 2 N–H and O–H groups in total. The van der Waals surface area contributed by atoms with E-state index < -0.39 is 0 Å². The van der Waals surface area contributed by atoms with E-state index in [1.54, 1.807) is 6.20 Å². The maximum absolute atomic E-state index is 5.83. The number of rotatable bonds is 3. The SMILES string of the molecule is Cn1ccnc1CCc1cnccc1N. The maximum atomic E-state index is 5.83. The Morgan fingerprint density at radius 2 is 2.20 bits per heavy atom. The molecule has 0 spiro atoms. The van der Waals surface area contributed by atoms with Crippen LogP contribution >= 0.6 is 0 Å². The largest absolute Gasteiger partial charge is 0.398 e. The number of hydrogen-bond acceptors (Lipinski definition) is 3.